The van der Waals surface area contributed by atoms with E-state index in [2.05, 4.69) is 20.7 Å². The lowest BCUT2D eigenvalue weighted by Gasteiger charge is -2.15. The van der Waals surface area contributed by atoms with Crippen molar-refractivity contribution in [3.63, 3.8) is 0 Å². The van der Waals surface area contributed by atoms with E-state index in [1.54, 1.807) is 48.5 Å². The van der Waals surface area contributed by atoms with E-state index in [1.165, 1.54) is 0 Å². The van der Waals surface area contributed by atoms with Gasteiger partial charge in [0.2, 0.25) is 0 Å². The molecule has 112 valence electrons. The first-order valence-corrected chi connectivity index (χ1v) is 8.70. The zero-order valence-corrected chi connectivity index (χ0v) is 14.1. The number of nitrogens with one attached hydrogen (secondary N) is 1. The highest BCUT2D eigenvalue weighted by Gasteiger charge is 2.17. The summed E-state index contributed by atoms with van der Waals surface area (Å²) in [5.74, 6) is 0.506. The first-order valence-electron chi connectivity index (χ1n) is 6.42. The minimum atomic E-state index is -3.65. The molecule has 0 aliphatic heterocycles. The van der Waals surface area contributed by atoms with Crippen LogP contribution in [-0.4, -0.2) is 14.5 Å². The van der Waals surface area contributed by atoms with Crippen LogP contribution >= 0.6 is 15.9 Å². The van der Waals surface area contributed by atoms with Crippen molar-refractivity contribution in [1.82, 2.24) is 0 Å². The Balaban J connectivity index is 2.33. The zero-order chi connectivity index (χ0) is 15.5. The lowest BCUT2D eigenvalue weighted by atomic mass is 10.3. The smallest absolute Gasteiger partial charge is 0.262 e. The van der Waals surface area contributed by atoms with Gasteiger partial charge in [0, 0.05) is 4.47 Å². The van der Waals surface area contributed by atoms with Gasteiger partial charge in [-0.3, -0.25) is 4.72 Å². The van der Waals surface area contributed by atoms with E-state index in [0.717, 1.165) is 0 Å². The minimum absolute atomic E-state index is 0.0403. The largest absolute Gasteiger partial charge is 0.489 e. The lowest BCUT2D eigenvalue weighted by Crippen LogP contribution is -2.15. The SMILES string of the molecule is CC(C)Oc1ccccc1NS(=O)(=O)c1cccc(Br)c1. The van der Waals surface area contributed by atoms with Crippen LogP contribution in [0.25, 0.3) is 0 Å². The summed E-state index contributed by atoms with van der Waals surface area (Å²) < 4.78 is 33.7. The molecular weight excluding hydrogens is 354 g/mol. The molecule has 2 aromatic rings. The van der Waals surface area contributed by atoms with Gasteiger partial charge < -0.3 is 4.74 Å². The number of ether oxygens (including phenoxy) is 1. The molecule has 0 fully saturated rings. The van der Waals surface area contributed by atoms with Crippen molar-refractivity contribution in [2.24, 2.45) is 0 Å². The minimum Gasteiger partial charge on any atom is -0.489 e. The molecule has 21 heavy (non-hydrogen) atoms. The average Bonchev–Trinajstić information content (AvgIpc) is 2.40. The molecule has 0 saturated carbocycles. The second-order valence-electron chi connectivity index (χ2n) is 4.73. The third kappa shape index (κ3) is 4.22. The van der Waals surface area contributed by atoms with E-state index in [4.69, 9.17) is 4.74 Å². The predicted octanol–water partition coefficient (Wildman–Crippen LogP) is 4.04. The Kier molecular flexibility index (Phi) is 4.90. The second kappa shape index (κ2) is 6.49. The molecule has 2 rings (SSSR count). The maximum atomic E-state index is 12.4. The van der Waals surface area contributed by atoms with E-state index < -0.39 is 10.0 Å². The normalized spacial score (nSPS) is 11.4. The first-order chi connectivity index (χ1) is 9.88. The molecule has 0 atom stereocenters. The molecule has 0 aliphatic carbocycles. The molecule has 0 heterocycles. The van der Waals surface area contributed by atoms with Crippen LogP contribution in [0.15, 0.2) is 57.9 Å². The van der Waals surface area contributed by atoms with Crippen LogP contribution in [0.1, 0.15) is 13.8 Å². The van der Waals surface area contributed by atoms with Gasteiger partial charge in [-0.2, -0.15) is 0 Å². The fraction of sp³-hybridized carbons (Fsp3) is 0.200. The van der Waals surface area contributed by atoms with Gasteiger partial charge >= 0.3 is 0 Å². The van der Waals surface area contributed by atoms with Gasteiger partial charge in [-0.15, -0.1) is 0 Å². The molecule has 0 aromatic heterocycles. The van der Waals surface area contributed by atoms with Gasteiger partial charge in [0.1, 0.15) is 5.75 Å². The summed E-state index contributed by atoms with van der Waals surface area (Å²) >= 11 is 3.27. The molecule has 0 amide bonds. The number of sulfonamides is 1. The lowest BCUT2D eigenvalue weighted by molar-refractivity contribution is 0.244. The quantitative estimate of drug-likeness (QED) is 0.864. The fourth-order valence-corrected chi connectivity index (χ4v) is 3.41. The second-order valence-corrected chi connectivity index (χ2v) is 7.32. The molecule has 0 saturated heterocycles. The maximum Gasteiger partial charge on any atom is 0.262 e. The third-order valence-electron chi connectivity index (χ3n) is 2.60. The van der Waals surface area contributed by atoms with Gasteiger partial charge in [-0.1, -0.05) is 34.1 Å². The maximum absolute atomic E-state index is 12.4. The number of hydrogen-bond acceptors (Lipinski definition) is 3. The highest BCUT2D eigenvalue weighted by Crippen LogP contribution is 2.28. The van der Waals surface area contributed by atoms with Crippen LogP contribution < -0.4 is 9.46 Å². The van der Waals surface area contributed by atoms with Crippen molar-refractivity contribution in [2.75, 3.05) is 4.72 Å². The monoisotopic (exact) mass is 369 g/mol. The zero-order valence-electron chi connectivity index (χ0n) is 11.7. The number of halogens is 1. The molecule has 0 unspecified atom stereocenters. The number of benzene rings is 2. The standard InChI is InChI=1S/C15H16BrNO3S/c1-11(2)20-15-9-4-3-8-14(15)17-21(18,19)13-7-5-6-12(16)10-13/h3-11,17H,1-2H3. The van der Waals surface area contributed by atoms with Crippen LogP contribution in [0.5, 0.6) is 5.75 Å². The summed E-state index contributed by atoms with van der Waals surface area (Å²) in [6.45, 7) is 3.78. The van der Waals surface area contributed by atoms with Crippen molar-refractivity contribution in [3.8, 4) is 5.75 Å². The molecule has 6 heteroatoms. The van der Waals surface area contributed by atoms with Gasteiger partial charge in [0.05, 0.1) is 16.7 Å². The van der Waals surface area contributed by atoms with E-state index in [-0.39, 0.29) is 11.0 Å². The summed E-state index contributed by atoms with van der Waals surface area (Å²) in [6.07, 6.45) is -0.0403. The molecule has 0 aliphatic rings. The third-order valence-corrected chi connectivity index (χ3v) is 4.46. The Morgan fingerprint density at radius 1 is 1.10 bits per heavy atom. The Hall–Kier alpha value is -1.53. The van der Waals surface area contributed by atoms with Gasteiger partial charge in [-0.05, 0) is 44.2 Å². The summed E-state index contributed by atoms with van der Waals surface area (Å²) in [5.41, 5.74) is 0.422. The summed E-state index contributed by atoms with van der Waals surface area (Å²) in [7, 11) is -3.65. The number of anilines is 1. The van der Waals surface area contributed by atoms with Crippen molar-refractivity contribution in [2.45, 2.75) is 24.8 Å². The van der Waals surface area contributed by atoms with Gasteiger partial charge in [-0.25, -0.2) is 8.42 Å². The first kappa shape index (κ1) is 15.9. The van der Waals surface area contributed by atoms with Crippen LogP contribution in [0, 0.1) is 0 Å². The Morgan fingerprint density at radius 2 is 1.81 bits per heavy atom. The van der Waals surface area contributed by atoms with Crippen molar-refractivity contribution in [1.29, 1.82) is 0 Å². The van der Waals surface area contributed by atoms with Gasteiger partial charge in [0.25, 0.3) is 10.0 Å². The van der Waals surface area contributed by atoms with E-state index in [1.807, 2.05) is 13.8 Å². The molecule has 4 nitrogen and oxygen atoms in total. The van der Waals surface area contributed by atoms with Crippen molar-refractivity contribution in [3.05, 3.63) is 53.0 Å². The molecule has 0 bridgehead atoms. The molecule has 0 radical (unpaired) electrons. The van der Waals surface area contributed by atoms with E-state index >= 15 is 0 Å². The van der Waals surface area contributed by atoms with Crippen LogP contribution in [0.2, 0.25) is 0 Å². The van der Waals surface area contributed by atoms with Gasteiger partial charge in [0.15, 0.2) is 0 Å². The molecule has 2 aromatic carbocycles. The summed E-state index contributed by atoms with van der Waals surface area (Å²) in [5, 5.41) is 0. The van der Waals surface area contributed by atoms with Crippen molar-refractivity contribution >= 4 is 31.6 Å². The van der Waals surface area contributed by atoms with Crippen molar-refractivity contribution < 1.29 is 13.2 Å². The average molecular weight is 370 g/mol. The highest BCUT2D eigenvalue weighted by molar-refractivity contribution is 9.10. The highest BCUT2D eigenvalue weighted by atomic mass is 79.9. The van der Waals surface area contributed by atoms with Crippen LogP contribution in [-0.2, 0) is 10.0 Å². The molecular formula is C15H16BrNO3S. The van der Waals surface area contributed by atoms with E-state index in [9.17, 15) is 8.42 Å². The Bertz CT molecular complexity index is 729. The van der Waals surface area contributed by atoms with E-state index in [0.29, 0.717) is 15.9 Å². The number of rotatable bonds is 5. The molecule has 1 N–H and O–H groups in total. The number of para-hydroxylation sites is 2. The Morgan fingerprint density at radius 3 is 2.48 bits per heavy atom. The molecule has 0 spiro atoms. The Labute approximate surface area is 133 Å². The summed E-state index contributed by atoms with van der Waals surface area (Å²) in [4.78, 5) is 0.191. The topological polar surface area (TPSA) is 55.4 Å². The summed E-state index contributed by atoms with van der Waals surface area (Å²) in [6, 6.07) is 13.5. The van der Waals surface area contributed by atoms with Crippen LogP contribution in [0.3, 0.4) is 0 Å². The fourth-order valence-electron chi connectivity index (χ4n) is 1.75. The predicted molar refractivity (Wildman–Crippen MR) is 87.2 cm³/mol. The van der Waals surface area contributed by atoms with Crippen LogP contribution in [0.4, 0.5) is 5.69 Å². The number of hydrogen-bond donors (Lipinski definition) is 1.